The fourth-order valence-corrected chi connectivity index (χ4v) is 2.44. The Morgan fingerprint density at radius 1 is 0.958 bits per heavy atom. The van der Waals surface area contributed by atoms with E-state index in [4.69, 9.17) is 11.6 Å². The van der Waals surface area contributed by atoms with Gasteiger partial charge in [-0.3, -0.25) is 0 Å². The molecule has 0 atom stereocenters. The van der Waals surface area contributed by atoms with Crippen LogP contribution in [-0.4, -0.2) is 16.5 Å². The van der Waals surface area contributed by atoms with E-state index in [2.05, 4.69) is 20.6 Å². The van der Waals surface area contributed by atoms with Gasteiger partial charge in [0, 0.05) is 23.3 Å². The monoisotopic (exact) mass is 342 g/mol. The molecule has 0 fully saturated rings. The van der Waals surface area contributed by atoms with Gasteiger partial charge in [0.25, 0.3) is 0 Å². The van der Waals surface area contributed by atoms with Crippen molar-refractivity contribution in [2.75, 3.05) is 17.2 Å². The summed E-state index contributed by atoms with van der Waals surface area (Å²) in [4.78, 5) is 8.36. The van der Waals surface area contributed by atoms with E-state index in [1.807, 2.05) is 24.3 Å². The quantitative estimate of drug-likeness (QED) is 0.683. The first-order valence-corrected chi connectivity index (χ1v) is 7.90. The molecule has 4 nitrogen and oxygen atoms in total. The van der Waals surface area contributed by atoms with Crippen LogP contribution in [-0.2, 0) is 6.42 Å². The summed E-state index contributed by atoms with van der Waals surface area (Å²) in [5.41, 5.74) is 1.92. The fraction of sp³-hybridized carbons (Fsp3) is 0.111. The van der Waals surface area contributed by atoms with Crippen LogP contribution in [0.2, 0.25) is 5.02 Å². The van der Waals surface area contributed by atoms with Crippen LogP contribution < -0.4 is 10.6 Å². The van der Waals surface area contributed by atoms with Gasteiger partial charge in [0.15, 0.2) is 0 Å². The van der Waals surface area contributed by atoms with Gasteiger partial charge in [0.1, 0.15) is 23.8 Å². The third-order valence-electron chi connectivity index (χ3n) is 3.39. The summed E-state index contributed by atoms with van der Waals surface area (Å²) in [6.07, 6.45) is 2.32. The lowest BCUT2D eigenvalue weighted by Gasteiger charge is -2.09. The van der Waals surface area contributed by atoms with E-state index in [0.717, 1.165) is 35.1 Å². The van der Waals surface area contributed by atoms with Crippen LogP contribution in [0.15, 0.2) is 60.9 Å². The largest absolute Gasteiger partial charge is 0.370 e. The molecule has 3 rings (SSSR count). The summed E-state index contributed by atoms with van der Waals surface area (Å²) in [6.45, 7) is 0.730. The van der Waals surface area contributed by atoms with Crippen LogP contribution in [0.3, 0.4) is 0 Å². The lowest BCUT2D eigenvalue weighted by Crippen LogP contribution is -2.07. The second kappa shape index (κ2) is 7.75. The van der Waals surface area contributed by atoms with Gasteiger partial charge in [0.05, 0.1) is 0 Å². The molecular formula is C18H16ClFN4. The Morgan fingerprint density at radius 3 is 2.54 bits per heavy atom. The second-order valence-electron chi connectivity index (χ2n) is 5.23. The van der Waals surface area contributed by atoms with Crippen molar-refractivity contribution in [2.45, 2.75) is 6.42 Å². The van der Waals surface area contributed by atoms with E-state index in [0.29, 0.717) is 5.82 Å². The van der Waals surface area contributed by atoms with Gasteiger partial charge in [-0.05, 0) is 48.4 Å². The normalized spacial score (nSPS) is 10.4. The predicted molar refractivity (Wildman–Crippen MR) is 95.4 cm³/mol. The smallest absolute Gasteiger partial charge is 0.135 e. The zero-order chi connectivity index (χ0) is 16.8. The van der Waals surface area contributed by atoms with Crippen LogP contribution >= 0.6 is 11.6 Å². The number of anilines is 3. The summed E-state index contributed by atoms with van der Waals surface area (Å²) >= 11 is 5.98. The van der Waals surface area contributed by atoms with Crippen molar-refractivity contribution in [3.8, 4) is 0 Å². The molecule has 0 aliphatic heterocycles. The highest BCUT2D eigenvalue weighted by Crippen LogP contribution is 2.17. The molecule has 1 aromatic heterocycles. The SMILES string of the molecule is Fc1ccc(Nc2cc(NCCc3cccc(Cl)c3)ncn2)cc1. The van der Waals surface area contributed by atoms with Crippen LogP contribution in [0.25, 0.3) is 0 Å². The molecule has 0 aliphatic rings. The van der Waals surface area contributed by atoms with Crippen molar-refractivity contribution in [1.82, 2.24) is 9.97 Å². The fourth-order valence-electron chi connectivity index (χ4n) is 2.23. The first-order valence-electron chi connectivity index (χ1n) is 7.52. The Balaban J connectivity index is 1.57. The highest BCUT2D eigenvalue weighted by atomic mass is 35.5. The molecule has 122 valence electrons. The molecule has 0 aliphatic carbocycles. The van der Waals surface area contributed by atoms with Crippen molar-refractivity contribution in [1.29, 1.82) is 0 Å². The highest BCUT2D eigenvalue weighted by Gasteiger charge is 2.01. The maximum Gasteiger partial charge on any atom is 0.135 e. The topological polar surface area (TPSA) is 49.8 Å². The summed E-state index contributed by atoms with van der Waals surface area (Å²) in [5, 5.41) is 7.10. The maximum atomic E-state index is 12.9. The van der Waals surface area contributed by atoms with E-state index in [1.165, 1.54) is 18.5 Å². The molecule has 0 spiro atoms. The average molecular weight is 343 g/mol. The van der Waals surface area contributed by atoms with Crippen molar-refractivity contribution in [3.63, 3.8) is 0 Å². The second-order valence-corrected chi connectivity index (χ2v) is 5.66. The third-order valence-corrected chi connectivity index (χ3v) is 3.63. The Labute approximate surface area is 144 Å². The number of hydrogen-bond acceptors (Lipinski definition) is 4. The number of aromatic nitrogens is 2. The first kappa shape index (κ1) is 16.2. The van der Waals surface area contributed by atoms with Crippen LogP contribution in [0.1, 0.15) is 5.56 Å². The van der Waals surface area contributed by atoms with E-state index in [9.17, 15) is 4.39 Å². The van der Waals surface area contributed by atoms with Gasteiger partial charge in [-0.15, -0.1) is 0 Å². The van der Waals surface area contributed by atoms with Crippen LogP contribution in [0.4, 0.5) is 21.7 Å². The van der Waals surface area contributed by atoms with E-state index >= 15 is 0 Å². The van der Waals surface area contributed by atoms with E-state index < -0.39 is 0 Å². The standard InChI is InChI=1S/C18H16ClFN4/c19-14-3-1-2-13(10-14)8-9-21-17-11-18(23-12-22-17)24-16-6-4-15(20)5-7-16/h1-7,10-12H,8-9H2,(H2,21,22,23,24). The Bertz CT molecular complexity index is 808. The number of rotatable bonds is 6. The van der Waals surface area contributed by atoms with E-state index in [-0.39, 0.29) is 5.82 Å². The summed E-state index contributed by atoms with van der Waals surface area (Å²) < 4.78 is 12.9. The van der Waals surface area contributed by atoms with Gasteiger partial charge < -0.3 is 10.6 Å². The molecule has 2 N–H and O–H groups in total. The van der Waals surface area contributed by atoms with Crippen molar-refractivity contribution in [2.24, 2.45) is 0 Å². The van der Waals surface area contributed by atoms with Gasteiger partial charge in [-0.1, -0.05) is 23.7 Å². The summed E-state index contributed by atoms with van der Waals surface area (Å²) in [6, 6.07) is 15.7. The Morgan fingerprint density at radius 2 is 1.75 bits per heavy atom. The van der Waals surface area contributed by atoms with Crippen molar-refractivity contribution < 1.29 is 4.39 Å². The Hall–Kier alpha value is -2.66. The lowest BCUT2D eigenvalue weighted by molar-refractivity contribution is 0.628. The highest BCUT2D eigenvalue weighted by molar-refractivity contribution is 6.30. The molecule has 0 radical (unpaired) electrons. The molecule has 0 unspecified atom stereocenters. The third kappa shape index (κ3) is 4.67. The lowest BCUT2D eigenvalue weighted by atomic mass is 10.1. The van der Waals surface area contributed by atoms with Gasteiger partial charge in [0.2, 0.25) is 0 Å². The molecule has 24 heavy (non-hydrogen) atoms. The molecule has 6 heteroatoms. The average Bonchev–Trinajstić information content (AvgIpc) is 2.58. The molecule has 0 amide bonds. The van der Waals surface area contributed by atoms with Crippen LogP contribution in [0, 0.1) is 5.82 Å². The molecular weight excluding hydrogens is 327 g/mol. The number of benzene rings is 2. The van der Waals surface area contributed by atoms with Gasteiger partial charge >= 0.3 is 0 Å². The first-order chi connectivity index (χ1) is 11.7. The summed E-state index contributed by atoms with van der Waals surface area (Å²) in [5.74, 6) is 1.09. The molecule has 0 saturated heterocycles. The number of nitrogens with zero attached hydrogens (tertiary/aromatic N) is 2. The number of halogens is 2. The van der Waals surface area contributed by atoms with E-state index in [1.54, 1.807) is 18.2 Å². The molecule has 0 saturated carbocycles. The minimum Gasteiger partial charge on any atom is -0.370 e. The number of nitrogens with one attached hydrogen (secondary N) is 2. The number of hydrogen-bond donors (Lipinski definition) is 2. The Kier molecular flexibility index (Phi) is 5.23. The zero-order valence-electron chi connectivity index (χ0n) is 12.8. The summed E-state index contributed by atoms with van der Waals surface area (Å²) in [7, 11) is 0. The molecule has 2 aromatic carbocycles. The van der Waals surface area contributed by atoms with Crippen molar-refractivity contribution >= 4 is 28.9 Å². The van der Waals surface area contributed by atoms with Gasteiger partial charge in [-0.25, -0.2) is 14.4 Å². The molecule has 3 aromatic rings. The molecule has 0 bridgehead atoms. The predicted octanol–water partition coefficient (Wildman–Crippen LogP) is 4.67. The minimum atomic E-state index is -0.272. The zero-order valence-corrected chi connectivity index (χ0v) is 13.6. The van der Waals surface area contributed by atoms with Crippen LogP contribution in [0.5, 0.6) is 0 Å². The van der Waals surface area contributed by atoms with Crippen molar-refractivity contribution in [3.05, 3.63) is 77.3 Å². The molecule has 1 heterocycles. The van der Waals surface area contributed by atoms with Gasteiger partial charge in [-0.2, -0.15) is 0 Å². The maximum absolute atomic E-state index is 12.9. The minimum absolute atomic E-state index is 0.272.